The van der Waals surface area contributed by atoms with Crippen LogP contribution in [0.1, 0.15) is 49.9 Å². The summed E-state index contributed by atoms with van der Waals surface area (Å²) in [5, 5.41) is 10.9. The van der Waals surface area contributed by atoms with E-state index in [2.05, 4.69) is 5.32 Å². The summed E-state index contributed by atoms with van der Waals surface area (Å²) in [6, 6.07) is 9.15. The summed E-state index contributed by atoms with van der Waals surface area (Å²) in [5.74, 6) is -3.28. The molecule has 4 rings (SSSR count). The van der Waals surface area contributed by atoms with Gasteiger partial charge in [-0.05, 0) is 68.0 Å². The molecule has 9 nitrogen and oxygen atoms in total. The maximum absolute atomic E-state index is 15.8. The van der Waals surface area contributed by atoms with Gasteiger partial charge < -0.3 is 29.4 Å². The number of nitrogens with one attached hydrogen (secondary N) is 1. The SMILES string of the molecule is C[C@@H]1CC2=C(Cc3ccccc32)[C@@H](c2c(F)cc(NC(=O)COCCOCCOCCOCC(=O)O)cc2F)N1CC(C)(C)F. The number of carbonyl (C=O) groups is 2. The van der Waals surface area contributed by atoms with Crippen LogP contribution in [0, 0.1) is 11.6 Å². The predicted molar refractivity (Wildman–Crippen MR) is 162 cm³/mol. The van der Waals surface area contributed by atoms with Gasteiger partial charge in [0, 0.05) is 23.8 Å². The molecule has 2 aromatic rings. The highest BCUT2D eigenvalue weighted by atomic mass is 19.1. The molecule has 1 aliphatic carbocycles. The van der Waals surface area contributed by atoms with Gasteiger partial charge in [-0.15, -0.1) is 0 Å². The van der Waals surface area contributed by atoms with Gasteiger partial charge in [-0.2, -0.15) is 0 Å². The third-order valence-electron chi connectivity index (χ3n) is 7.61. The fraction of sp³-hybridized carbons (Fsp3) is 0.515. The van der Waals surface area contributed by atoms with Crippen LogP contribution in [0.5, 0.6) is 0 Å². The predicted octanol–water partition coefficient (Wildman–Crippen LogP) is 4.95. The van der Waals surface area contributed by atoms with Crippen molar-refractivity contribution in [3.8, 4) is 0 Å². The van der Waals surface area contributed by atoms with E-state index >= 15 is 8.78 Å². The Bertz CT molecular complexity index is 1360. The molecule has 0 saturated carbocycles. The van der Waals surface area contributed by atoms with Crippen LogP contribution < -0.4 is 5.32 Å². The molecule has 1 amide bonds. The smallest absolute Gasteiger partial charge is 0.329 e. The molecule has 0 saturated heterocycles. The number of amides is 1. The number of anilines is 1. The van der Waals surface area contributed by atoms with E-state index in [-0.39, 0.29) is 76.7 Å². The van der Waals surface area contributed by atoms with E-state index in [1.165, 1.54) is 13.8 Å². The van der Waals surface area contributed by atoms with Crippen molar-refractivity contribution in [3.05, 3.63) is 70.3 Å². The summed E-state index contributed by atoms with van der Waals surface area (Å²) in [7, 11) is 0. The van der Waals surface area contributed by atoms with Crippen LogP contribution in [0.2, 0.25) is 0 Å². The third-order valence-corrected chi connectivity index (χ3v) is 7.61. The minimum Gasteiger partial charge on any atom is -0.480 e. The standard InChI is InChI=1S/C33H41F3N2O7/c1-21-14-25-24-7-5-4-6-22(24)15-26(25)32(38(21)20-33(2,3)36)31-27(34)16-23(17-28(31)35)37-29(39)18-44-12-10-42-8-9-43-11-13-45-19-30(40)41/h4-7,16-17,21,32H,8-15,18-20H2,1-3H3,(H,37,39)(H,40,41)/t21-,32+/m1/s1. The van der Waals surface area contributed by atoms with E-state index < -0.39 is 35.2 Å². The molecular weight excluding hydrogens is 593 g/mol. The summed E-state index contributed by atoms with van der Waals surface area (Å²) in [4.78, 5) is 24.6. The summed E-state index contributed by atoms with van der Waals surface area (Å²) in [5.41, 5.74) is 2.30. The van der Waals surface area contributed by atoms with Gasteiger partial charge in [-0.25, -0.2) is 18.0 Å². The lowest BCUT2D eigenvalue weighted by molar-refractivity contribution is -0.142. The molecule has 1 heterocycles. The number of rotatable bonds is 17. The first-order valence-corrected chi connectivity index (χ1v) is 15.0. The molecule has 12 heteroatoms. The highest BCUT2D eigenvalue weighted by Gasteiger charge is 2.42. The third kappa shape index (κ3) is 9.60. The molecule has 2 N–H and O–H groups in total. The number of fused-ring (bicyclic) bond motifs is 2. The number of aliphatic carboxylic acids is 1. The number of halogens is 3. The van der Waals surface area contributed by atoms with Crippen LogP contribution in [0.3, 0.4) is 0 Å². The largest absolute Gasteiger partial charge is 0.480 e. The molecule has 2 aliphatic rings. The van der Waals surface area contributed by atoms with E-state index in [4.69, 9.17) is 24.1 Å². The van der Waals surface area contributed by atoms with Gasteiger partial charge in [-0.3, -0.25) is 9.69 Å². The van der Waals surface area contributed by atoms with Crippen molar-refractivity contribution in [2.24, 2.45) is 0 Å². The number of carboxylic acid groups (broad SMARTS) is 1. The molecule has 0 spiro atoms. The molecule has 0 fully saturated rings. The summed E-state index contributed by atoms with van der Waals surface area (Å²) < 4.78 is 67.3. The summed E-state index contributed by atoms with van der Waals surface area (Å²) >= 11 is 0. The summed E-state index contributed by atoms with van der Waals surface area (Å²) in [6.07, 6.45) is 1.18. The van der Waals surface area contributed by atoms with Gasteiger partial charge in [0.1, 0.15) is 30.5 Å². The van der Waals surface area contributed by atoms with Crippen LogP contribution in [0.25, 0.3) is 5.57 Å². The van der Waals surface area contributed by atoms with E-state index in [9.17, 15) is 14.0 Å². The van der Waals surface area contributed by atoms with Crippen LogP contribution in [-0.2, 0) is 35.0 Å². The zero-order valence-corrected chi connectivity index (χ0v) is 25.9. The van der Waals surface area contributed by atoms with Crippen molar-refractivity contribution in [3.63, 3.8) is 0 Å². The highest BCUT2D eigenvalue weighted by molar-refractivity contribution is 5.91. The average Bonchev–Trinajstić information content (AvgIpc) is 3.32. The van der Waals surface area contributed by atoms with Crippen molar-refractivity contribution in [1.29, 1.82) is 0 Å². The first kappa shape index (κ1) is 34.6. The lowest BCUT2D eigenvalue weighted by atomic mass is 9.84. The highest BCUT2D eigenvalue weighted by Crippen LogP contribution is 2.50. The Kier molecular flexibility index (Phi) is 12.2. The second-order valence-corrected chi connectivity index (χ2v) is 11.8. The van der Waals surface area contributed by atoms with Crippen LogP contribution in [-0.4, -0.2) is 93.0 Å². The van der Waals surface area contributed by atoms with E-state index in [1.807, 2.05) is 36.1 Å². The number of nitrogens with zero attached hydrogens (tertiary/aromatic N) is 1. The Morgan fingerprint density at radius 1 is 0.956 bits per heavy atom. The van der Waals surface area contributed by atoms with Crippen LogP contribution in [0.4, 0.5) is 18.9 Å². The molecule has 246 valence electrons. The van der Waals surface area contributed by atoms with Crippen molar-refractivity contribution in [2.45, 2.75) is 51.4 Å². The van der Waals surface area contributed by atoms with Crippen LogP contribution in [0.15, 0.2) is 42.0 Å². The fourth-order valence-electron chi connectivity index (χ4n) is 5.84. The number of ether oxygens (including phenoxy) is 4. The van der Waals surface area contributed by atoms with Gasteiger partial charge in [-0.1, -0.05) is 24.3 Å². The molecule has 2 atom stereocenters. The number of carboxylic acids is 1. The molecule has 45 heavy (non-hydrogen) atoms. The first-order chi connectivity index (χ1) is 21.4. The second-order valence-electron chi connectivity index (χ2n) is 11.8. The molecule has 1 aliphatic heterocycles. The lowest BCUT2D eigenvalue weighted by Gasteiger charge is -2.44. The number of hydrogen-bond acceptors (Lipinski definition) is 7. The minimum absolute atomic E-state index is 0.000954. The van der Waals surface area contributed by atoms with Crippen molar-refractivity contribution < 1.29 is 46.8 Å². The van der Waals surface area contributed by atoms with Gasteiger partial charge in [0.25, 0.3) is 0 Å². The number of benzene rings is 2. The van der Waals surface area contributed by atoms with Crippen molar-refractivity contribution in [1.82, 2.24) is 4.90 Å². The Morgan fingerprint density at radius 3 is 2.13 bits per heavy atom. The second kappa shape index (κ2) is 15.8. The van der Waals surface area contributed by atoms with Crippen molar-refractivity contribution in [2.75, 3.05) is 64.7 Å². The lowest BCUT2D eigenvalue weighted by Crippen LogP contribution is -2.47. The molecule has 0 radical (unpaired) electrons. The molecule has 2 aromatic carbocycles. The molecule has 0 aromatic heterocycles. The summed E-state index contributed by atoms with van der Waals surface area (Å²) in [6.45, 7) is 5.38. The zero-order valence-electron chi connectivity index (χ0n) is 25.9. The van der Waals surface area contributed by atoms with Gasteiger partial charge in [0.05, 0.1) is 45.7 Å². The maximum Gasteiger partial charge on any atom is 0.329 e. The van der Waals surface area contributed by atoms with E-state index in [0.717, 1.165) is 34.4 Å². The number of alkyl halides is 1. The topological polar surface area (TPSA) is 107 Å². The molecular formula is C33H41F3N2O7. The molecule has 0 unspecified atom stereocenters. The van der Waals surface area contributed by atoms with E-state index in [1.54, 1.807) is 0 Å². The fourth-order valence-corrected chi connectivity index (χ4v) is 5.84. The monoisotopic (exact) mass is 634 g/mol. The quantitative estimate of drug-likeness (QED) is 0.236. The maximum atomic E-state index is 15.8. The van der Waals surface area contributed by atoms with Gasteiger partial charge >= 0.3 is 5.97 Å². The Balaban J connectivity index is 1.32. The molecule has 0 bridgehead atoms. The van der Waals surface area contributed by atoms with E-state index in [0.29, 0.717) is 12.8 Å². The Hall–Kier alpha value is -3.29. The normalized spacial score (nSPS) is 18.2. The van der Waals surface area contributed by atoms with Gasteiger partial charge in [0.2, 0.25) is 5.91 Å². The Labute approximate surface area is 261 Å². The van der Waals surface area contributed by atoms with Crippen molar-refractivity contribution >= 4 is 23.1 Å². The minimum atomic E-state index is -1.59. The average molecular weight is 635 g/mol. The number of carbonyl (C=O) groups excluding carboxylic acids is 1. The Morgan fingerprint density at radius 2 is 1.53 bits per heavy atom. The number of hydrogen-bond donors (Lipinski definition) is 2. The van der Waals surface area contributed by atoms with Gasteiger partial charge in [0.15, 0.2) is 0 Å². The van der Waals surface area contributed by atoms with Crippen LogP contribution >= 0.6 is 0 Å². The first-order valence-electron chi connectivity index (χ1n) is 15.0. The zero-order chi connectivity index (χ0) is 32.6.